The monoisotopic (exact) mass is 891 g/mol. The van der Waals surface area contributed by atoms with E-state index in [0.29, 0.717) is 0 Å². The highest BCUT2D eigenvalue weighted by Gasteiger charge is 2.28. The summed E-state index contributed by atoms with van der Waals surface area (Å²) in [6.07, 6.45) is 35.5. The third kappa shape index (κ3) is 37.2. The van der Waals surface area contributed by atoms with Crippen molar-refractivity contribution in [3.63, 3.8) is 0 Å². The summed E-state index contributed by atoms with van der Waals surface area (Å²) < 4.78 is 16.3. The zero-order chi connectivity index (χ0) is 46.8. The van der Waals surface area contributed by atoms with Crippen molar-refractivity contribution in [3.05, 3.63) is 36.5 Å². The molecule has 0 aromatic carbocycles. The highest BCUT2D eigenvalue weighted by molar-refractivity contribution is 5.80. The molecule has 4 atom stereocenters. The zero-order valence-corrected chi connectivity index (χ0v) is 39.4. The standard InChI is InChI=1S/C51H86O12/c1-4-7-10-13-16-19-22-25-28-31-34-42(49(56)57)38-47(54)61-40-45(63-48(55)39-43(50(58)59)35-32-29-26-23-20-17-14-11-8-5-2)41-62-51(60)44(37-46(52)53)36-33-30-27-24-21-18-15-12-9-6-3/h28-33,42-45H,4-27,34-41H2,1-3H3,(H,52,53)(H,56,57)(H,58,59)/b31-28+,32-29+,33-30+. The number of carboxylic acids is 3. The average molecular weight is 891 g/mol. The molecular weight excluding hydrogens is 805 g/mol. The first kappa shape index (κ1) is 59.0. The van der Waals surface area contributed by atoms with E-state index in [4.69, 9.17) is 14.2 Å². The van der Waals surface area contributed by atoms with Gasteiger partial charge in [0, 0.05) is 0 Å². The number of unbranched alkanes of at least 4 members (excludes halogenated alkanes) is 21. The summed E-state index contributed by atoms with van der Waals surface area (Å²) in [7, 11) is 0. The molecule has 0 aromatic heterocycles. The van der Waals surface area contributed by atoms with Gasteiger partial charge in [0.15, 0.2) is 6.10 Å². The van der Waals surface area contributed by atoms with Crippen LogP contribution in [0.5, 0.6) is 0 Å². The number of carboxylic acid groups (broad SMARTS) is 3. The molecule has 0 bridgehead atoms. The van der Waals surface area contributed by atoms with Crippen LogP contribution in [0, 0.1) is 17.8 Å². The predicted octanol–water partition coefficient (Wildman–Crippen LogP) is 12.5. The minimum atomic E-state index is -1.35. The van der Waals surface area contributed by atoms with Crippen LogP contribution in [-0.4, -0.2) is 70.5 Å². The van der Waals surface area contributed by atoms with Crippen LogP contribution in [0.15, 0.2) is 36.5 Å². The molecule has 0 radical (unpaired) electrons. The summed E-state index contributed by atoms with van der Waals surface area (Å²) >= 11 is 0. The highest BCUT2D eigenvalue weighted by Crippen LogP contribution is 2.18. The van der Waals surface area contributed by atoms with Crippen LogP contribution in [0.25, 0.3) is 0 Å². The smallest absolute Gasteiger partial charge is 0.309 e. The number of allylic oxidation sites excluding steroid dienone is 6. The van der Waals surface area contributed by atoms with E-state index in [-0.39, 0.29) is 19.3 Å². The molecule has 0 amide bonds. The number of carbonyl (C=O) groups is 6. The van der Waals surface area contributed by atoms with Crippen molar-refractivity contribution in [1.29, 1.82) is 0 Å². The van der Waals surface area contributed by atoms with Crippen molar-refractivity contribution in [2.24, 2.45) is 17.8 Å². The predicted molar refractivity (Wildman–Crippen MR) is 248 cm³/mol. The third-order valence-electron chi connectivity index (χ3n) is 11.1. The van der Waals surface area contributed by atoms with Gasteiger partial charge in [-0.05, 0) is 57.8 Å². The van der Waals surface area contributed by atoms with E-state index < -0.39 is 92.1 Å². The lowest BCUT2D eigenvalue weighted by atomic mass is 10.0. The van der Waals surface area contributed by atoms with Gasteiger partial charge in [0.1, 0.15) is 13.2 Å². The highest BCUT2D eigenvalue weighted by atomic mass is 16.6. The van der Waals surface area contributed by atoms with Gasteiger partial charge in [-0.3, -0.25) is 28.8 Å². The van der Waals surface area contributed by atoms with Crippen LogP contribution >= 0.6 is 0 Å². The Morgan fingerprint density at radius 3 is 1.14 bits per heavy atom. The Kier molecular flexibility index (Phi) is 39.4. The van der Waals surface area contributed by atoms with Crippen molar-refractivity contribution in [3.8, 4) is 0 Å². The van der Waals surface area contributed by atoms with Crippen LogP contribution in [0.2, 0.25) is 0 Å². The average Bonchev–Trinajstić information content (AvgIpc) is 3.24. The molecule has 0 aliphatic rings. The van der Waals surface area contributed by atoms with Crippen LogP contribution in [0.3, 0.4) is 0 Å². The van der Waals surface area contributed by atoms with E-state index in [9.17, 15) is 44.1 Å². The third-order valence-corrected chi connectivity index (χ3v) is 11.1. The molecule has 0 fully saturated rings. The van der Waals surface area contributed by atoms with Gasteiger partial charge in [0.2, 0.25) is 0 Å². The van der Waals surface area contributed by atoms with Gasteiger partial charge < -0.3 is 29.5 Å². The lowest BCUT2D eigenvalue weighted by Gasteiger charge is -2.21. The summed E-state index contributed by atoms with van der Waals surface area (Å²) in [5.74, 6) is -9.31. The number of rotatable bonds is 44. The molecule has 0 aromatic rings. The molecule has 12 nitrogen and oxygen atoms in total. The van der Waals surface area contributed by atoms with Crippen molar-refractivity contribution in [2.75, 3.05) is 13.2 Å². The molecule has 3 N–H and O–H groups in total. The van der Waals surface area contributed by atoms with Crippen LogP contribution in [0.4, 0.5) is 0 Å². The van der Waals surface area contributed by atoms with Gasteiger partial charge in [0.25, 0.3) is 0 Å². The molecule has 0 aliphatic heterocycles. The molecule has 0 rings (SSSR count). The van der Waals surface area contributed by atoms with E-state index in [1.54, 1.807) is 18.2 Å². The van der Waals surface area contributed by atoms with Crippen LogP contribution < -0.4 is 0 Å². The summed E-state index contributed by atoms with van der Waals surface area (Å²) in [4.78, 5) is 74.9. The fraction of sp³-hybridized carbons (Fsp3) is 0.765. The van der Waals surface area contributed by atoms with Crippen molar-refractivity contribution in [1.82, 2.24) is 0 Å². The number of hydrogen-bond acceptors (Lipinski definition) is 9. The van der Waals surface area contributed by atoms with E-state index >= 15 is 0 Å². The minimum absolute atomic E-state index is 0.100. The molecule has 12 heteroatoms. The number of esters is 3. The quantitative estimate of drug-likeness (QED) is 0.0227. The maximum Gasteiger partial charge on any atom is 0.309 e. The second-order valence-corrected chi connectivity index (χ2v) is 17.0. The maximum absolute atomic E-state index is 13.2. The molecule has 4 unspecified atom stereocenters. The van der Waals surface area contributed by atoms with Gasteiger partial charge in [-0.1, -0.05) is 173 Å². The first-order chi connectivity index (χ1) is 30.4. The molecule has 0 heterocycles. The van der Waals surface area contributed by atoms with Crippen LogP contribution in [-0.2, 0) is 43.0 Å². The largest absolute Gasteiger partial charge is 0.481 e. The fourth-order valence-electron chi connectivity index (χ4n) is 7.10. The Morgan fingerprint density at radius 1 is 0.413 bits per heavy atom. The number of ether oxygens (including phenoxy) is 3. The lowest BCUT2D eigenvalue weighted by molar-refractivity contribution is -0.170. The lowest BCUT2D eigenvalue weighted by Crippen LogP contribution is -2.33. The molecular formula is C51H86O12. The van der Waals surface area contributed by atoms with Gasteiger partial charge in [0.05, 0.1) is 37.0 Å². The Morgan fingerprint density at radius 2 is 0.762 bits per heavy atom. The first-order valence-electron chi connectivity index (χ1n) is 24.6. The van der Waals surface area contributed by atoms with Crippen molar-refractivity contribution < 1.29 is 58.3 Å². The second kappa shape index (κ2) is 42.0. The van der Waals surface area contributed by atoms with Gasteiger partial charge in [-0.25, -0.2) is 0 Å². The summed E-state index contributed by atoms with van der Waals surface area (Å²) in [6.45, 7) is 5.37. The molecule has 0 saturated heterocycles. The van der Waals surface area contributed by atoms with Crippen molar-refractivity contribution >= 4 is 35.8 Å². The van der Waals surface area contributed by atoms with E-state index in [1.165, 1.54) is 83.5 Å². The second-order valence-electron chi connectivity index (χ2n) is 17.0. The Labute approximate surface area is 380 Å². The van der Waals surface area contributed by atoms with Gasteiger partial charge in [-0.15, -0.1) is 0 Å². The van der Waals surface area contributed by atoms with Crippen molar-refractivity contribution in [2.45, 2.75) is 219 Å². The molecule has 0 aliphatic carbocycles. The first-order valence-corrected chi connectivity index (χ1v) is 24.6. The molecule has 0 saturated carbocycles. The SMILES string of the molecule is CCCCCCCCC/C=C/CC(CC(=O)OCC(COC(=O)C(C/C=C/CCCCCCCCC)CC(=O)O)OC(=O)CC(C/C=C/CCCCCCCCC)C(=O)O)C(=O)O. The Hall–Kier alpha value is -3.96. The maximum atomic E-state index is 13.2. The Balaban J connectivity index is 5.52. The topological polar surface area (TPSA) is 191 Å². The van der Waals surface area contributed by atoms with Gasteiger partial charge >= 0.3 is 35.8 Å². The minimum Gasteiger partial charge on any atom is -0.481 e. The zero-order valence-electron chi connectivity index (χ0n) is 39.4. The van der Waals surface area contributed by atoms with E-state index in [1.807, 2.05) is 18.2 Å². The Bertz CT molecular complexity index is 1300. The molecule has 63 heavy (non-hydrogen) atoms. The fourth-order valence-corrected chi connectivity index (χ4v) is 7.10. The number of carbonyl (C=O) groups excluding carboxylic acids is 3. The van der Waals surface area contributed by atoms with E-state index in [0.717, 1.165) is 70.6 Å². The summed E-state index contributed by atoms with van der Waals surface area (Å²) in [6, 6.07) is 0. The van der Waals surface area contributed by atoms with E-state index in [2.05, 4.69) is 20.8 Å². The van der Waals surface area contributed by atoms with Gasteiger partial charge in [-0.2, -0.15) is 0 Å². The number of hydrogen-bond donors (Lipinski definition) is 3. The normalized spacial score (nSPS) is 13.6. The number of aliphatic carboxylic acids is 3. The summed E-state index contributed by atoms with van der Waals surface area (Å²) in [5.41, 5.74) is 0. The molecule has 362 valence electrons. The van der Waals surface area contributed by atoms with Crippen LogP contribution in [0.1, 0.15) is 213 Å². The summed E-state index contributed by atoms with van der Waals surface area (Å²) in [5, 5.41) is 29.1. The molecule has 0 spiro atoms.